The van der Waals surface area contributed by atoms with Crippen LogP contribution in [0.15, 0.2) is 76.2 Å². The number of amides is 1. The van der Waals surface area contributed by atoms with Crippen LogP contribution >= 0.6 is 11.3 Å². The van der Waals surface area contributed by atoms with Gasteiger partial charge in [0.2, 0.25) is 15.9 Å². The summed E-state index contributed by atoms with van der Waals surface area (Å²) in [5.74, 6) is 0.247. The summed E-state index contributed by atoms with van der Waals surface area (Å²) in [5, 5.41) is 0.894. The second kappa shape index (κ2) is 9.32. The Morgan fingerprint density at radius 3 is 2.68 bits per heavy atom. The highest BCUT2D eigenvalue weighted by atomic mass is 32.2. The van der Waals surface area contributed by atoms with E-state index in [9.17, 15) is 13.2 Å². The van der Waals surface area contributed by atoms with E-state index >= 15 is 0 Å². The molecule has 1 amide bonds. The van der Waals surface area contributed by atoms with E-state index in [1.165, 1.54) is 10.6 Å². The van der Waals surface area contributed by atoms with Crippen molar-refractivity contribution in [2.45, 2.75) is 37.2 Å². The molecule has 0 saturated carbocycles. The zero-order chi connectivity index (χ0) is 23.7. The van der Waals surface area contributed by atoms with Crippen LogP contribution in [0.5, 0.6) is 0 Å². The van der Waals surface area contributed by atoms with Crippen LogP contribution in [0.3, 0.4) is 0 Å². The molecule has 4 aromatic rings. The first-order chi connectivity index (χ1) is 16.4. The van der Waals surface area contributed by atoms with Crippen LogP contribution in [-0.4, -0.2) is 41.6 Å². The molecule has 1 fully saturated rings. The molecule has 1 aliphatic rings. The first kappa shape index (κ1) is 22.8. The summed E-state index contributed by atoms with van der Waals surface area (Å²) in [6.07, 6.45) is 3.17. The lowest BCUT2D eigenvalue weighted by Gasteiger charge is -2.27. The number of likely N-dealkylation sites (tertiary alicyclic amines) is 1. The van der Waals surface area contributed by atoms with Gasteiger partial charge in [0, 0.05) is 6.54 Å². The Labute approximate surface area is 202 Å². The number of benzene rings is 2. The smallest absolute Gasteiger partial charge is 0.243 e. The normalized spacial score (nSPS) is 16.5. The molecule has 1 atom stereocenters. The second-order valence-electron chi connectivity index (χ2n) is 8.43. The topological polar surface area (TPSA) is 83.7 Å². The molecular weight excluding hydrogens is 470 g/mol. The predicted molar refractivity (Wildman–Crippen MR) is 131 cm³/mol. The van der Waals surface area contributed by atoms with Crippen LogP contribution in [0, 0.1) is 6.92 Å². The SMILES string of the molecule is Cc1ccc(S(=O)(=O)N(CC(=O)N2CCCC2c2nc3ccccc3s2)Cc2ccco2)cc1. The van der Waals surface area contributed by atoms with Crippen LogP contribution in [0.25, 0.3) is 10.2 Å². The maximum atomic E-state index is 13.5. The average molecular weight is 496 g/mol. The standard InChI is InChI=1S/C25H25N3O4S2/c1-18-10-12-20(13-11-18)34(30,31)27(16-19-6-5-15-32-19)17-24(29)28-14-4-8-22(28)25-26-21-7-2-3-9-23(21)33-25/h2-3,5-7,9-13,15,22H,4,8,14,16-17H2,1H3. The molecule has 0 bridgehead atoms. The van der Waals surface area contributed by atoms with Crippen LogP contribution in [-0.2, 0) is 21.4 Å². The lowest BCUT2D eigenvalue weighted by molar-refractivity contribution is -0.132. The molecule has 2 aromatic carbocycles. The molecular formula is C25H25N3O4S2. The van der Waals surface area contributed by atoms with E-state index in [4.69, 9.17) is 9.40 Å². The number of sulfonamides is 1. The number of aromatic nitrogens is 1. The van der Waals surface area contributed by atoms with Gasteiger partial charge in [0.25, 0.3) is 0 Å². The summed E-state index contributed by atoms with van der Waals surface area (Å²) in [5.41, 5.74) is 1.88. The molecule has 176 valence electrons. The number of aryl methyl sites for hydroxylation is 1. The van der Waals surface area contributed by atoms with Gasteiger partial charge in [0.15, 0.2) is 0 Å². The predicted octanol–water partition coefficient (Wildman–Crippen LogP) is 4.75. The summed E-state index contributed by atoms with van der Waals surface area (Å²) in [6.45, 7) is 2.20. The summed E-state index contributed by atoms with van der Waals surface area (Å²) < 4.78 is 34.7. The van der Waals surface area contributed by atoms with Crippen molar-refractivity contribution < 1.29 is 17.6 Å². The van der Waals surface area contributed by atoms with Gasteiger partial charge in [0.05, 0.1) is 40.5 Å². The van der Waals surface area contributed by atoms with E-state index in [1.807, 2.05) is 31.2 Å². The fourth-order valence-corrected chi connectivity index (χ4v) is 6.73. The molecule has 1 saturated heterocycles. The van der Waals surface area contributed by atoms with Gasteiger partial charge < -0.3 is 9.32 Å². The van der Waals surface area contributed by atoms with Crippen molar-refractivity contribution in [3.05, 3.63) is 83.3 Å². The molecule has 3 heterocycles. The third kappa shape index (κ3) is 4.51. The third-order valence-corrected chi connectivity index (χ3v) is 8.99. The van der Waals surface area contributed by atoms with Gasteiger partial charge >= 0.3 is 0 Å². The van der Waals surface area contributed by atoms with E-state index in [0.29, 0.717) is 12.3 Å². The van der Waals surface area contributed by atoms with Crippen molar-refractivity contribution in [1.82, 2.24) is 14.2 Å². The molecule has 1 unspecified atom stereocenters. The Morgan fingerprint density at radius 1 is 1.15 bits per heavy atom. The van der Waals surface area contributed by atoms with Crippen LogP contribution in [0.4, 0.5) is 0 Å². The second-order valence-corrected chi connectivity index (χ2v) is 11.4. The van der Waals surface area contributed by atoms with Crippen molar-refractivity contribution in [2.75, 3.05) is 13.1 Å². The van der Waals surface area contributed by atoms with Gasteiger partial charge in [-0.25, -0.2) is 13.4 Å². The van der Waals surface area contributed by atoms with Gasteiger partial charge in [-0.05, 0) is 56.2 Å². The Bertz CT molecular complexity index is 1360. The highest BCUT2D eigenvalue weighted by Crippen LogP contribution is 2.36. The number of fused-ring (bicyclic) bond motifs is 1. The quantitative estimate of drug-likeness (QED) is 0.369. The van der Waals surface area contributed by atoms with Crippen molar-refractivity contribution in [1.29, 1.82) is 0 Å². The molecule has 0 spiro atoms. The zero-order valence-electron chi connectivity index (χ0n) is 18.8. The molecule has 0 N–H and O–H groups in total. The van der Waals surface area contributed by atoms with E-state index < -0.39 is 10.0 Å². The summed E-state index contributed by atoms with van der Waals surface area (Å²) in [7, 11) is -3.91. The lowest BCUT2D eigenvalue weighted by atomic mass is 10.2. The van der Waals surface area contributed by atoms with E-state index in [1.54, 1.807) is 52.6 Å². The highest BCUT2D eigenvalue weighted by Gasteiger charge is 2.35. The first-order valence-corrected chi connectivity index (χ1v) is 13.4. The van der Waals surface area contributed by atoms with Crippen molar-refractivity contribution in [2.24, 2.45) is 0 Å². The summed E-state index contributed by atoms with van der Waals surface area (Å²) >= 11 is 1.59. The molecule has 2 aromatic heterocycles. The van der Waals surface area contributed by atoms with Gasteiger partial charge in [-0.1, -0.05) is 29.8 Å². The number of rotatable bonds is 7. The fraction of sp³-hybridized carbons (Fsp3) is 0.280. The minimum Gasteiger partial charge on any atom is -0.468 e. The number of thiazole rings is 1. The van der Waals surface area contributed by atoms with Crippen molar-refractivity contribution in [3.8, 4) is 0 Å². The zero-order valence-corrected chi connectivity index (χ0v) is 20.4. The number of carbonyl (C=O) groups excluding carboxylic acids is 1. The average Bonchev–Trinajstić information content (AvgIpc) is 3.58. The summed E-state index contributed by atoms with van der Waals surface area (Å²) in [4.78, 5) is 20.2. The minimum absolute atomic E-state index is 0.0193. The number of furan rings is 1. The lowest BCUT2D eigenvalue weighted by Crippen LogP contribution is -2.42. The minimum atomic E-state index is -3.91. The van der Waals surface area contributed by atoms with Crippen molar-refractivity contribution >= 4 is 37.5 Å². The highest BCUT2D eigenvalue weighted by molar-refractivity contribution is 7.89. The Morgan fingerprint density at radius 2 is 1.94 bits per heavy atom. The molecule has 5 rings (SSSR count). The Hall–Kier alpha value is -3.01. The van der Waals surface area contributed by atoms with E-state index in [2.05, 4.69) is 0 Å². The monoisotopic (exact) mass is 495 g/mol. The first-order valence-electron chi connectivity index (χ1n) is 11.2. The van der Waals surface area contributed by atoms with Gasteiger partial charge in [-0.3, -0.25) is 4.79 Å². The van der Waals surface area contributed by atoms with Gasteiger partial charge in [-0.2, -0.15) is 4.31 Å². The largest absolute Gasteiger partial charge is 0.468 e. The van der Waals surface area contributed by atoms with Crippen LogP contribution in [0.1, 0.15) is 35.2 Å². The molecule has 0 aliphatic carbocycles. The number of nitrogens with zero attached hydrogens (tertiary/aromatic N) is 3. The number of para-hydroxylation sites is 1. The maximum Gasteiger partial charge on any atom is 0.243 e. The number of hydrogen-bond donors (Lipinski definition) is 0. The Balaban J connectivity index is 1.42. The molecule has 1 aliphatic heterocycles. The molecule has 34 heavy (non-hydrogen) atoms. The van der Waals surface area contributed by atoms with Crippen molar-refractivity contribution in [3.63, 3.8) is 0 Å². The van der Waals surface area contributed by atoms with E-state index in [0.717, 1.165) is 33.6 Å². The third-order valence-electron chi connectivity index (χ3n) is 6.05. The summed E-state index contributed by atoms with van der Waals surface area (Å²) in [6, 6.07) is 17.8. The Kier molecular flexibility index (Phi) is 6.24. The van der Waals surface area contributed by atoms with E-state index in [-0.39, 0.29) is 29.9 Å². The van der Waals surface area contributed by atoms with Gasteiger partial charge in [0.1, 0.15) is 10.8 Å². The van der Waals surface area contributed by atoms with Crippen LogP contribution < -0.4 is 0 Å². The molecule has 7 nitrogen and oxygen atoms in total. The van der Waals surface area contributed by atoms with Gasteiger partial charge in [-0.15, -0.1) is 11.3 Å². The number of carbonyl (C=O) groups is 1. The fourth-order valence-electron chi connectivity index (χ4n) is 4.26. The molecule has 0 radical (unpaired) electrons. The molecule has 9 heteroatoms. The van der Waals surface area contributed by atoms with Crippen LogP contribution in [0.2, 0.25) is 0 Å². The maximum absolute atomic E-state index is 13.5. The number of hydrogen-bond acceptors (Lipinski definition) is 6.